The predicted octanol–water partition coefficient (Wildman–Crippen LogP) is 2.39. The average molecular weight is 245 g/mol. The van der Waals surface area contributed by atoms with Crippen molar-refractivity contribution in [3.63, 3.8) is 0 Å². The summed E-state index contributed by atoms with van der Waals surface area (Å²) in [6.45, 7) is 6.35. The molecular formula is C15H23N3. The van der Waals surface area contributed by atoms with Crippen LogP contribution in [-0.2, 0) is 0 Å². The monoisotopic (exact) mass is 245 g/mol. The fourth-order valence-electron chi connectivity index (χ4n) is 3.22. The number of likely N-dealkylation sites (tertiary alicyclic amines) is 1. The molecule has 2 saturated heterocycles. The normalized spacial score (nSPS) is 22.6. The van der Waals surface area contributed by atoms with Crippen LogP contribution in [0.15, 0.2) is 24.4 Å². The van der Waals surface area contributed by atoms with Gasteiger partial charge in [-0.05, 0) is 56.8 Å². The maximum absolute atomic E-state index is 4.45. The lowest BCUT2D eigenvalue weighted by atomic mass is 9.96. The van der Waals surface area contributed by atoms with E-state index < -0.39 is 0 Å². The summed E-state index contributed by atoms with van der Waals surface area (Å²) in [5.74, 6) is 2.06. The first kappa shape index (κ1) is 12.0. The molecule has 0 spiro atoms. The minimum atomic E-state index is 0.906. The molecule has 0 amide bonds. The SMILES string of the molecule is c1ccc(N2CCC(CN3CCCC3)CC2)nc1. The second kappa shape index (κ2) is 5.70. The van der Waals surface area contributed by atoms with Gasteiger partial charge in [0.2, 0.25) is 0 Å². The number of piperidine rings is 1. The molecule has 0 aliphatic carbocycles. The van der Waals surface area contributed by atoms with Crippen LogP contribution >= 0.6 is 0 Å². The zero-order valence-corrected chi connectivity index (χ0v) is 11.1. The van der Waals surface area contributed by atoms with E-state index in [1.54, 1.807) is 0 Å². The molecule has 0 atom stereocenters. The van der Waals surface area contributed by atoms with Crippen molar-refractivity contribution in [1.29, 1.82) is 0 Å². The van der Waals surface area contributed by atoms with E-state index in [1.165, 1.54) is 58.4 Å². The number of hydrogen-bond acceptors (Lipinski definition) is 3. The Bertz CT molecular complexity index is 351. The van der Waals surface area contributed by atoms with Crippen molar-refractivity contribution in [3.8, 4) is 0 Å². The summed E-state index contributed by atoms with van der Waals surface area (Å²) < 4.78 is 0. The lowest BCUT2D eigenvalue weighted by Gasteiger charge is -2.34. The fourth-order valence-corrected chi connectivity index (χ4v) is 3.22. The summed E-state index contributed by atoms with van der Waals surface area (Å²) in [5.41, 5.74) is 0. The predicted molar refractivity (Wildman–Crippen MR) is 74.8 cm³/mol. The quantitative estimate of drug-likeness (QED) is 0.815. The molecule has 1 aromatic rings. The molecule has 98 valence electrons. The summed E-state index contributed by atoms with van der Waals surface area (Å²) in [7, 11) is 0. The van der Waals surface area contributed by atoms with Crippen molar-refractivity contribution in [2.24, 2.45) is 5.92 Å². The smallest absolute Gasteiger partial charge is 0.128 e. The highest BCUT2D eigenvalue weighted by Crippen LogP contribution is 2.23. The third kappa shape index (κ3) is 2.83. The third-order valence-electron chi connectivity index (χ3n) is 4.30. The van der Waals surface area contributed by atoms with Crippen molar-refractivity contribution < 1.29 is 0 Å². The van der Waals surface area contributed by atoms with Gasteiger partial charge in [-0.3, -0.25) is 0 Å². The fraction of sp³-hybridized carbons (Fsp3) is 0.667. The van der Waals surface area contributed by atoms with Crippen LogP contribution in [-0.4, -0.2) is 42.6 Å². The zero-order chi connectivity index (χ0) is 12.2. The minimum absolute atomic E-state index is 0.906. The number of pyridine rings is 1. The van der Waals surface area contributed by atoms with E-state index in [-0.39, 0.29) is 0 Å². The first-order valence-corrected chi connectivity index (χ1v) is 7.30. The molecule has 0 bridgehead atoms. The largest absolute Gasteiger partial charge is 0.357 e. The van der Waals surface area contributed by atoms with Crippen molar-refractivity contribution in [2.75, 3.05) is 37.6 Å². The van der Waals surface area contributed by atoms with Gasteiger partial charge in [-0.1, -0.05) is 6.07 Å². The van der Waals surface area contributed by atoms with Crippen LogP contribution in [0.2, 0.25) is 0 Å². The number of anilines is 1. The van der Waals surface area contributed by atoms with Crippen molar-refractivity contribution in [1.82, 2.24) is 9.88 Å². The molecule has 0 N–H and O–H groups in total. The lowest BCUT2D eigenvalue weighted by Crippen LogP contribution is -2.38. The average Bonchev–Trinajstić information content (AvgIpc) is 2.94. The Hall–Kier alpha value is -1.09. The lowest BCUT2D eigenvalue weighted by molar-refractivity contribution is 0.249. The third-order valence-corrected chi connectivity index (χ3v) is 4.30. The van der Waals surface area contributed by atoms with Gasteiger partial charge in [0.05, 0.1) is 0 Å². The molecule has 1 aromatic heterocycles. The molecule has 0 aromatic carbocycles. The van der Waals surface area contributed by atoms with E-state index in [9.17, 15) is 0 Å². The maximum Gasteiger partial charge on any atom is 0.128 e. The van der Waals surface area contributed by atoms with Gasteiger partial charge in [-0.15, -0.1) is 0 Å². The maximum atomic E-state index is 4.45. The molecule has 3 nitrogen and oxygen atoms in total. The molecule has 0 saturated carbocycles. The minimum Gasteiger partial charge on any atom is -0.357 e. The Morgan fingerprint density at radius 1 is 1.06 bits per heavy atom. The molecule has 0 radical (unpaired) electrons. The standard InChI is InChI=1S/C15H23N3/c1-2-8-16-15(5-1)18-11-6-14(7-12-18)13-17-9-3-4-10-17/h1-2,5,8,14H,3-4,6-7,9-13H2. The molecule has 2 aliphatic rings. The summed E-state index contributed by atoms with van der Waals surface area (Å²) in [5, 5.41) is 0. The highest BCUT2D eigenvalue weighted by molar-refractivity contribution is 5.37. The molecule has 2 fully saturated rings. The van der Waals surface area contributed by atoms with E-state index in [4.69, 9.17) is 0 Å². The van der Waals surface area contributed by atoms with Gasteiger partial charge in [0.25, 0.3) is 0 Å². The van der Waals surface area contributed by atoms with E-state index in [0.717, 1.165) is 11.7 Å². The summed E-state index contributed by atoms with van der Waals surface area (Å²) >= 11 is 0. The van der Waals surface area contributed by atoms with Gasteiger partial charge in [0.1, 0.15) is 5.82 Å². The second-order valence-corrected chi connectivity index (χ2v) is 5.63. The summed E-state index contributed by atoms with van der Waals surface area (Å²) in [6, 6.07) is 6.20. The van der Waals surface area contributed by atoms with Crippen LogP contribution in [0.5, 0.6) is 0 Å². The van der Waals surface area contributed by atoms with Gasteiger partial charge in [0.15, 0.2) is 0 Å². The van der Waals surface area contributed by atoms with Gasteiger partial charge in [0, 0.05) is 25.8 Å². The number of hydrogen-bond donors (Lipinski definition) is 0. The van der Waals surface area contributed by atoms with Gasteiger partial charge >= 0.3 is 0 Å². The zero-order valence-electron chi connectivity index (χ0n) is 11.1. The van der Waals surface area contributed by atoms with E-state index in [2.05, 4.69) is 26.9 Å². The van der Waals surface area contributed by atoms with Crippen LogP contribution in [0.3, 0.4) is 0 Å². The highest BCUT2D eigenvalue weighted by Gasteiger charge is 2.23. The van der Waals surface area contributed by atoms with Crippen LogP contribution in [0.25, 0.3) is 0 Å². The molecular weight excluding hydrogens is 222 g/mol. The summed E-state index contributed by atoms with van der Waals surface area (Å²) in [4.78, 5) is 9.53. The first-order valence-electron chi connectivity index (χ1n) is 7.30. The van der Waals surface area contributed by atoms with Crippen molar-refractivity contribution >= 4 is 5.82 Å². The topological polar surface area (TPSA) is 19.4 Å². The molecule has 0 unspecified atom stereocenters. The first-order chi connectivity index (χ1) is 8.92. The second-order valence-electron chi connectivity index (χ2n) is 5.63. The molecule has 3 heterocycles. The van der Waals surface area contributed by atoms with Crippen LogP contribution in [0.4, 0.5) is 5.82 Å². The van der Waals surface area contributed by atoms with Crippen LogP contribution < -0.4 is 4.90 Å². The van der Waals surface area contributed by atoms with Gasteiger partial charge in [-0.2, -0.15) is 0 Å². The Kier molecular flexibility index (Phi) is 3.79. The Morgan fingerprint density at radius 3 is 2.50 bits per heavy atom. The van der Waals surface area contributed by atoms with E-state index >= 15 is 0 Å². The Morgan fingerprint density at radius 2 is 1.83 bits per heavy atom. The number of aromatic nitrogens is 1. The van der Waals surface area contributed by atoms with E-state index in [0.29, 0.717) is 0 Å². The number of nitrogens with zero attached hydrogens (tertiary/aromatic N) is 3. The molecule has 2 aliphatic heterocycles. The molecule has 3 heteroatoms. The highest BCUT2D eigenvalue weighted by atomic mass is 15.2. The van der Waals surface area contributed by atoms with Crippen molar-refractivity contribution in [3.05, 3.63) is 24.4 Å². The van der Waals surface area contributed by atoms with Crippen LogP contribution in [0, 0.1) is 5.92 Å². The Balaban J connectivity index is 1.49. The molecule has 3 rings (SSSR count). The number of rotatable bonds is 3. The molecule has 18 heavy (non-hydrogen) atoms. The van der Waals surface area contributed by atoms with Gasteiger partial charge < -0.3 is 9.80 Å². The van der Waals surface area contributed by atoms with Crippen molar-refractivity contribution in [2.45, 2.75) is 25.7 Å². The van der Waals surface area contributed by atoms with E-state index in [1.807, 2.05) is 12.3 Å². The van der Waals surface area contributed by atoms with Crippen LogP contribution in [0.1, 0.15) is 25.7 Å². The van der Waals surface area contributed by atoms with Gasteiger partial charge in [-0.25, -0.2) is 4.98 Å². The Labute approximate surface area is 110 Å². The summed E-state index contributed by atoms with van der Waals surface area (Å²) in [6.07, 6.45) is 7.37.